The smallest absolute Gasteiger partial charge is 0.407 e. The number of ether oxygens (including phenoxy) is 2. The predicted molar refractivity (Wildman–Crippen MR) is 63.6 cm³/mol. The maximum atomic E-state index is 11.3. The number of alkyl carbamates (subject to hydrolysis) is 1. The summed E-state index contributed by atoms with van der Waals surface area (Å²) in [6.45, 7) is 5.56. The van der Waals surface area contributed by atoms with Crippen LogP contribution in [-0.2, 0) is 14.3 Å². The molecule has 0 fully saturated rings. The van der Waals surface area contributed by atoms with Crippen LogP contribution in [0.4, 0.5) is 4.79 Å². The minimum Gasteiger partial charge on any atom is -0.468 e. The van der Waals surface area contributed by atoms with Gasteiger partial charge in [-0.15, -0.1) is 0 Å². The van der Waals surface area contributed by atoms with Crippen LogP contribution in [-0.4, -0.2) is 37.4 Å². The van der Waals surface area contributed by atoms with Crippen LogP contribution in [0.2, 0.25) is 0 Å². The summed E-state index contributed by atoms with van der Waals surface area (Å²) in [5.41, 5.74) is -0.545. The number of carbonyl (C=O) groups is 2. The summed E-state index contributed by atoms with van der Waals surface area (Å²) in [7, 11) is 1.27. The van der Waals surface area contributed by atoms with Gasteiger partial charge in [0.2, 0.25) is 0 Å². The molecule has 0 rings (SSSR count). The molecule has 0 aromatic carbocycles. The number of hydrogen-bond acceptors (Lipinski definition) is 5. The molecule has 0 aliphatic carbocycles. The molecule has 2 N–H and O–H groups in total. The molecule has 0 aliphatic rings. The van der Waals surface area contributed by atoms with E-state index in [0.29, 0.717) is 6.42 Å². The monoisotopic (exact) mass is 266 g/mol. The van der Waals surface area contributed by atoms with Gasteiger partial charge in [0, 0.05) is 6.54 Å². The van der Waals surface area contributed by atoms with E-state index in [-0.39, 0.29) is 6.54 Å². The molecular weight excluding hydrogens is 248 g/mol. The minimum absolute atomic E-state index is 0.258. The van der Waals surface area contributed by atoms with E-state index in [1.165, 1.54) is 7.11 Å². The number of nitrogens with one attached hydrogen (secondary N) is 2. The minimum atomic E-state index is -0.656. The van der Waals surface area contributed by atoms with Gasteiger partial charge in [0.25, 0.3) is 0 Å². The average Bonchev–Trinajstić information content (AvgIpc) is 2.21. The van der Waals surface area contributed by atoms with Gasteiger partial charge >= 0.3 is 12.1 Å². The maximum Gasteiger partial charge on any atom is 0.407 e. The first-order valence-corrected chi connectivity index (χ1v) is 5.58. The Morgan fingerprint density at radius 2 is 1.94 bits per heavy atom. The average molecular weight is 267 g/mol. The van der Waals surface area contributed by atoms with Gasteiger partial charge in [-0.25, -0.2) is 9.63 Å². The molecule has 17 heavy (non-hydrogen) atoms. The molecule has 0 heterocycles. The first-order valence-electron chi connectivity index (χ1n) is 5.21. The highest BCUT2D eigenvalue weighted by molar-refractivity contribution is 6.14. The number of esters is 1. The third-order valence-corrected chi connectivity index (χ3v) is 1.98. The van der Waals surface area contributed by atoms with E-state index in [0.717, 1.165) is 0 Å². The Kier molecular flexibility index (Phi) is 6.91. The highest BCUT2D eigenvalue weighted by Gasteiger charge is 2.19. The summed E-state index contributed by atoms with van der Waals surface area (Å²) in [5, 5.41) is 2.52. The zero-order chi connectivity index (χ0) is 13.5. The fourth-order valence-electron chi connectivity index (χ4n) is 0.992. The van der Waals surface area contributed by atoms with E-state index < -0.39 is 23.7 Å². The first-order chi connectivity index (χ1) is 7.80. The molecular formula is C10H19ClN2O4. The second kappa shape index (κ2) is 7.34. The Morgan fingerprint density at radius 3 is 2.35 bits per heavy atom. The molecule has 0 unspecified atom stereocenters. The van der Waals surface area contributed by atoms with Crippen molar-refractivity contribution in [3.63, 3.8) is 0 Å². The molecule has 1 atom stereocenters. The SMILES string of the molecule is COC(=O)[C@H](CCNC(=O)OC(C)(C)C)NCl. The lowest BCUT2D eigenvalue weighted by Crippen LogP contribution is -2.38. The van der Waals surface area contributed by atoms with Crippen LogP contribution in [0.3, 0.4) is 0 Å². The van der Waals surface area contributed by atoms with Gasteiger partial charge in [0.05, 0.1) is 7.11 Å². The van der Waals surface area contributed by atoms with Crippen molar-refractivity contribution in [3.05, 3.63) is 0 Å². The molecule has 0 radical (unpaired) electrons. The normalized spacial score (nSPS) is 12.8. The molecule has 100 valence electrons. The molecule has 0 aliphatic heterocycles. The Balaban J connectivity index is 3.90. The highest BCUT2D eigenvalue weighted by atomic mass is 35.5. The van der Waals surface area contributed by atoms with E-state index >= 15 is 0 Å². The largest absolute Gasteiger partial charge is 0.468 e. The van der Waals surface area contributed by atoms with Crippen molar-refractivity contribution in [1.82, 2.24) is 10.2 Å². The zero-order valence-electron chi connectivity index (χ0n) is 10.5. The standard InChI is InChI=1S/C10H19ClN2O4/c1-10(2,3)17-9(15)12-6-5-7(13-11)8(14)16-4/h7,13H,5-6H2,1-4H3,(H,12,15)/t7-/m0/s1. The van der Waals surface area contributed by atoms with Gasteiger partial charge in [0.15, 0.2) is 0 Å². The summed E-state index contributed by atoms with van der Waals surface area (Å²) in [5.74, 6) is -0.481. The van der Waals surface area contributed by atoms with Crippen molar-refractivity contribution < 1.29 is 19.1 Å². The summed E-state index contributed by atoms with van der Waals surface area (Å²) in [6.07, 6.45) is -0.217. The predicted octanol–water partition coefficient (Wildman–Crippen LogP) is 1.19. The van der Waals surface area contributed by atoms with E-state index in [1.807, 2.05) is 0 Å². The summed E-state index contributed by atoms with van der Waals surface area (Å²) in [6, 6.07) is -0.656. The fourth-order valence-corrected chi connectivity index (χ4v) is 1.19. The summed E-state index contributed by atoms with van der Waals surface area (Å²) >= 11 is 5.37. The molecule has 7 heteroatoms. The van der Waals surface area contributed by atoms with Crippen molar-refractivity contribution in [2.45, 2.75) is 38.8 Å². The number of methoxy groups -OCH3 is 1. The second-order valence-corrected chi connectivity index (χ2v) is 4.62. The third-order valence-electron chi connectivity index (χ3n) is 1.72. The van der Waals surface area contributed by atoms with Gasteiger partial charge in [-0.3, -0.25) is 4.79 Å². The molecule has 0 bridgehead atoms. The third kappa shape index (κ3) is 7.82. The first kappa shape index (κ1) is 16.0. The highest BCUT2D eigenvalue weighted by Crippen LogP contribution is 2.06. The lowest BCUT2D eigenvalue weighted by Gasteiger charge is -2.20. The Labute approximate surface area is 106 Å². The molecule has 0 aromatic rings. The molecule has 6 nitrogen and oxygen atoms in total. The van der Waals surface area contributed by atoms with Gasteiger partial charge in [-0.2, -0.15) is 0 Å². The number of rotatable bonds is 5. The van der Waals surface area contributed by atoms with E-state index in [2.05, 4.69) is 14.9 Å². The fraction of sp³-hybridized carbons (Fsp3) is 0.800. The lowest BCUT2D eigenvalue weighted by atomic mass is 10.2. The second-order valence-electron chi connectivity index (χ2n) is 4.40. The van der Waals surface area contributed by atoms with Gasteiger partial charge in [-0.05, 0) is 39.0 Å². The van der Waals surface area contributed by atoms with Crippen LogP contribution in [0.25, 0.3) is 0 Å². The summed E-state index contributed by atoms with van der Waals surface area (Å²) < 4.78 is 9.53. The van der Waals surface area contributed by atoms with Crippen molar-refractivity contribution in [2.24, 2.45) is 0 Å². The maximum absolute atomic E-state index is 11.3. The number of carbonyl (C=O) groups excluding carboxylic acids is 2. The van der Waals surface area contributed by atoms with E-state index in [4.69, 9.17) is 16.5 Å². The van der Waals surface area contributed by atoms with E-state index in [1.54, 1.807) is 20.8 Å². The van der Waals surface area contributed by atoms with Gasteiger partial charge < -0.3 is 14.8 Å². The summed E-state index contributed by atoms with van der Waals surface area (Å²) in [4.78, 5) is 24.7. The molecule has 1 amide bonds. The Morgan fingerprint density at radius 1 is 1.35 bits per heavy atom. The van der Waals surface area contributed by atoms with Crippen molar-refractivity contribution in [1.29, 1.82) is 0 Å². The van der Waals surface area contributed by atoms with Crippen LogP contribution < -0.4 is 10.2 Å². The number of hydrogen-bond donors (Lipinski definition) is 2. The van der Waals surface area contributed by atoms with Crippen molar-refractivity contribution in [2.75, 3.05) is 13.7 Å². The lowest BCUT2D eigenvalue weighted by molar-refractivity contribution is -0.142. The van der Waals surface area contributed by atoms with Crippen LogP contribution >= 0.6 is 11.8 Å². The Hall–Kier alpha value is -1.01. The van der Waals surface area contributed by atoms with Crippen molar-refractivity contribution >= 4 is 23.8 Å². The topological polar surface area (TPSA) is 76.7 Å². The Bertz CT molecular complexity index is 266. The van der Waals surface area contributed by atoms with Crippen LogP contribution in [0.15, 0.2) is 0 Å². The van der Waals surface area contributed by atoms with Crippen LogP contribution in [0, 0.1) is 0 Å². The van der Waals surface area contributed by atoms with Gasteiger partial charge in [0.1, 0.15) is 11.6 Å². The van der Waals surface area contributed by atoms with Crippen LogP contribution in [0.5, 0.6) is 0 Å². The molecule has 0 spiro atoms. The van der Waals surface area contributed by atoms with Crippen molar-refractivity contribution in [3.8, 4) is 0 Å². The molecule has 0 aromatic heterocycles. The zero-order valence-corrected chi connectivity index (χ0v) is 11.3. The van der Waals surface area contributed by atoms with Crippen LogP contribution in [0.1, 0.15) is 27.2 Å². The van der Waals surface area contributed by atoms with Gasteiger partial charge in [-0.1, -0.05) is 0 Å². The number of amides is 1. The molecule has 0 saturated carbocycles. The molecule has 0 saturated heterocycles. The number of halogens is 1. The quantitative estimate of drug-likeness (QED) is 0.577. The van der Waals surface area contributed by atoms with E-state index in [9.17, 15) is 9.59 Å².